The standard InChI is InChI=1S/C41H45F3N8O5S/c1-5-26-18-29(52-39(58)51(38(56)40(52,3)4)30-20-31(41(42,43)44)33(21-45)46-22-30)9-11-34(26)57-16-14-25-13-15-50(24(2)17-25)23-36(54)48-28-8-6-7-27(19-28)47-32-10-12-35(53)49-37(32)55/h6-9,11,18-20,22,24-25,32,47H,5,10,12-17,23H2,1-4H3,(H,48,54)(H,49,53,55)/t24-,25+,32?/m1/s1. The van der Waals surface area contributed by atoms with Gasteiger partial charge in [-0.15, -0.1) is 0 Å². The van der Waals surface area contributed by atoms with E-state index in [1.54, 1.807) is 49.1 Å². The normalized spacial score (nSPS) is 21.1. The fourth-order valence-corrected chi connectivity index (χ4v) is 8.24. The van der Waals surface area contributed by atoms with Gasteiger partial charge >= 0.3 is 6.18 Å². The van der Waals surface area contributed by atoms with Crippen molar-refractivity contribution in [2.45, 2.75) is 90.0 Å². The summed E-state index contributed by atoms with van der Waals surface area (Å²) in [5.74, 6) is -0.253. The summed E-state index contributed by atoms with van der Waals surface area (Å²) in [4.78, 5) is 58.8. The number of thiocarbonyl (C=S) groups is 1. The van der Waals surface area contributed by atoms with Crippen LogP contribution in [-0.2, 0) is 31.8 Å². The van der Waals surface area contributed by atoms with E-state index in [2.05, 4.69) is 32.8 Å². The maximum absolute atomic E-state index is 13.7. The molecule has 2 aromatic carbocycles. The van der Waals surface area contributed by atoms with Gasteiger partial charge in [0.1, 0.15) is 23.4 Å². The van der Waals surface area contributed by atoms with E-state index in [4.69, 9.17) is 17.0 Å². The molecule has 58 heavy (non-hydrogen) atoms. The van der Waals surface area contributed by atoms with Crippen molar-refractivity contribution < 1.29 is 37.1 Å². The van der Waals surface area contributed by atoms with E-state index in [0.717, 1.165) is 48.5 Å². The molecule has 3 aromatic rings. The molecule has 3 aliphatic rings. The third-order valence-electron chi connectivity index (χ3n) is 10.9. The molecule has 3 N–H and O–H groups in total. The highest BCUT2D eigenvalue weighted by Crippen LogP contribution is 2.40. The van der Waals surface area contributed by atoms with Crippen LogP contribution in [0.1, 0.15) is 76.6 Å². The Morgan fingerprint density at radius 3 is 2.55 bits per heavy atom. The molecule has 0 saturated carbocycles. The summed E-state index contributed by atoms with van der Waals surface area (Å²) in [5, 5.41) is 17.6. The number of rotatable bonds is 12. The molecular formula is C41H45F3N8O5S. The zero-order valence-electron chi connectivity index (χ0n) is 32.6. The first-order valence-electron chi connectivity index (χ1n) is 19.2. The van der Waals surface area contributed by atoms with Crippen molar-refractivity contribution >= 4 is 63.7 Å². The van der Waals surface area contributed by atoms with E-state index in [1.807, 2.05) is 19.1 Å². The number of aryl methyl sites for hydroxylation is 1. The lowest BCUT2D eigenvalue weighted by molar-refractivity contribution is -0.138. The van der Waals surface area contributed by atoms with E-state index in [1.165, 1.54) is 6.07 Å². The van der Waals surface area contributed by atoms with Crippen molar-refractivity contribution in [2.75, 3.05) is 40.1 Å². The summed E-state index contributed by atoms with van der Waals surface area (Å²) in [6.07, 6.45) is 0.0662. The summed E-state index contributed by atoms with van der Waals surface area (Å²) in [5.41, 5.74) is -0.752. The van der Waals surface area contributed by atoms with E-state index >= 15 is 0 Å². The topological polar surface area (TPSA) is 160 Å². The molecule has 6 rings (SSSR count). The number of benzene rings is 2. The number of piperidine rings is 2. The van der Waals surface area contributed by atoms with Crippen LogP contribution in [0, 0.1) is 17.2 Å². The molecule has 0 aliphatic carbocycles. The van der Waals surface area contributed by atoms with Crippen LogP contribution in [-0.4, -0.2) is 75.9 Å². The second-order valence-electron chi connectivity index (χ2n) is 15.3. The van der Waals surface area contributed by atoms with Crippen LogP contribution in [0.5, 0.6) is 5.75 Å². The van der Waals surface area contributed by atoms with Crippen LogP contribution >= 0.6 is 12.2 Å². The van der Waals surface area contributed by atoms with Crippen LogP contribution < -0.4 is 30.5 Å². The zero-order chi connectivity index (χ0) is 41.9. The van der Waals surface area contributed by atoms with Gasteiger partial charge in [0.05, 0.1) is 30.6 Å². The Bertz CT molecular complexity index is 2160. The third kappa shape index (κ3) is 9.08. The number of pyridine rings is 1. The molecule has 1 unspecified atom stereocenters. The third-order valence-corrected chi connectivity index (χ3v) is 11.2. The maximum atomic E-state index is 13.7. The average Bonchev–Trinajstić information content (AvgIpc) is 3.35. The summed E-state index contributed by atoms with van der Waals surface area (Å²) < 4.78 is 47.5. The number of ether oxygens (including phenoxy) is 1. The van der Waals surface area contributed by atoms with Gasteiger partial charge in [0.25, 0.3) is 5.91 Å². The van der Waals surface area contributed by atoms with Crippen LogP contribution in [0.25, 0.3) is 0 Å². The average molecular weight is 819 g/mol. The van der Waals surface area contributed by atoms with Crippen LogP contribution in [0.15, 0.2) is 54.7 Å². The number of nitriles is 1. The van der Waals surface area contributed by atoms with Gasteiger partial charge in [-0.2, -0.15) is 18.4 Å². The molecule has 306 valence electrons. The van der Waals surface area contributed by atoms with Crippen LogP contribution in [0.2, 0.25) is 0 Å². The Morgan fingerprint density at radius 1 is 1.10 bits per heavy atom. The summed E-state index contributed by atoms with van der Waals surface area (Å²) in [6.45, 7) is 8.83. The molecule has 13 nitrogen and oxygen atoms in total. The van der Waals surface area contributed by atoms with Gasteiger partial charge in [-0.1, -0.05) is 13.0 Å². The van der Waals surface area contributed by atoms with Crippen molar-refractivity contribution in [3.63, 3.8) is 0 Å². The van der Waals surface area contributed by atoms with Gasteiger partial charge in [0.2, 0.25) is 17.7 Å². The SMILES string of the molecule is CCc1cc(N2C(=S)N(c3cnc(C#N)c(C(F)(F)F)c3)C(=O)C2(C)C)ccc1OCC[C@@H]1CCN(CC(=O)Nc2cccc(NC3CCC(=O)NC3=O)c2)[C@H](C)C1. The first-order valence-corrected chi connectivity index (χ1v) is 19.6. The van der Waals surface area contributed by atoms with E-state index in [0.29, 0.717) is 48.2 Å². The number of aromatic nitrogens is 1. The van der Waals surface area contributed by atoms with Gasteiger partial charge in [-0.3, -0.25) is 34.3 Å². The molecule has 0 bridgehead atoms. The smallest absolute Gasteiger partial charge is 0.419 e. The molecule has 0 spiro atoms. The number of anilines is 4. The molecule has 3 aliphatic heterocycles. The Labute approximate surface area is 339 Å². The molecule has 4 amide bonds. The predicted octanol–water partition coefficient (Wildman–Crippen LogP) is 6.18. The Hall–Kier alpha value is -5.60. The monoisotopic (exact) mass is 818 g/mol. The van der Waals surface area contributed by atoms with Crippen LogP contribution in [0.4, 0.5) is 35.9 Å². The van der Waals surface area contributed by atoms with E-state index in [-0.39, 0.29) is 47.5 Å². The lowest BCUT2D eigenvalue weighted by atomic mass is 9.89. The molecule has 1 aromatic heterocycles. The minimum atomic E-state index is -4.86. The van der Waals surface area contributed by atoms with Crippen molar-refractivity contribution in [3.05, 3.63) is 71.5 Å². The molecule has 3 fully saturated rings. The largest absolute Gasteiger partial charge is 0.493 e. The molecule has 3 atom stereocenters. The van der Waals surface area contributed by atoms with Crippen molar-refractivity contribution in [2.24, 2.45) is 5.92 Å². The number of imide groups is 1. The lowest BCUT2D eigenvalue weighted by Crippen LogP contribution is -2.47. The fraction of sp³-hybridized carbons (Fsp3) is 0.439. The van der Waals surface area contributed by atoms with Crippen LogP contribution in [0.3, 0.4) is 0 Å². The highest BCUT2D eigenvalue weighted by atomic mass is 32.1. The Morgan fingerprint density at radius 2 is 1.86 bits per heavy atom. The van der Waals surface area contributed by atoms with E-state index in [9.17, 15) is 37.6 Å². The summed E-state index contributed by atoms with van der Waals surface area (Å²) in [6, 6.07) is 14.4. The number of carbonyl (C=O) groups excluding carboxylic acids is 4. The summed E-state index contributed by atoms with van der Waals surface area (Å²) >= 11 is 5.69. The number of nitrogens with zero attached hydrogens (tertiary/aromatic N) is 5. The number of carbonyl (C=O) groups is 4. The highest BCUT2D eigenvalue weighted by Gasteiger charge is 2.51. The highest BCUT2D eigenvalue weighted by molar-refractivity contribution is 7.81. The van der Waals surface area contributed by atoms with E-state index < -0.39 is 34.9 Å². The molecule has 17 heteroatoms. The van der Waals surface area contributed by atoms with Gasteiger partial charge in [0.15, 0.2) is 10.8 Å². The first-order chi connectivity index (χ1) is 27.5. The van der Waals surface area contributed by atoms with Gasteiger partial charge in [0, 0.05) is 29.5 Å². The number of amides is 4. The van der Waals surface area contributed by atoms with Crippen molar-refractivity contribution in [1.29, 1.82) is 5.26 Å². The molecular weight excluding hydrogens is 774 g/mol. The van der Waals surface area contributed by atoms with Crippen molar-refractivity contribution in [1.82, 2.24) is 15.2 Å². The molecule has 0 radical (unpaired) electrons. The number of likely N-dealkylation sites (tertiary alicyclic amines) is 1. The second kappa shape index (κ2) is 17.1. The molecule has 3 saturated heterocycles. The quantitative estimate of drug-likeness (QED) is 0.142. The number of hydrogen-bond donors (Lipinski definition) is 3. The first kappa shape index (κ1) is 42.0. The fourth-order valence-electron chi connectivity index (χ4n) is 7.71. The van der Waals surface area contributed by atoms with Crippen molar-refractivity contribution in [3.8, 4) is 11.8 Å². The number of halogens is 3. The number of hydrogen-bond acceptors (Lipinski definition) is 10. The second-order valence-corrected chi connectivity index (χ2v) is 15.7. The lowest BCUT2D eigenvalue weighted by Gasteiger charge is -2.37. The minimum absolute atomic E-state index is 0.0168. The number of nitrogens with one attached hydrogen (secondary N) is 3. The molecule has 4 heterocycles. The van der Waals surface area contributed by atoms with Gasteiger partial charge < -0.3 is 20.3 Å². The Kier molecular flexibility index (Phi) is 12.4. The van der Waals surface area contributed by atoms with Gasteiger partial charge in [-0.25, -0.2) is 4.98 Å². The zero-order valence-corrected chi connectivity index (χ0v) is 33.4. The predicted molar refractivity (Wildman–Crippen MR) is 215 cm³/mol. The minimum Gasteiger partial charge on any atom is -0.493 e. The Balaban J connectivity index is 1.01. The summed E-state index contributed by atoms with van der Waals surface area (Å²) in [7, 11) is 0. The van der Waals surface area contributed by atoms with Gasteiger partial charge in [-0.05, 0) is 126 Å². The number of alkyl halides is 3. The maximum Gasteiger partial charge on any atom is 0.419 e.